The molecule has 0 aliphatic carbocycles. The molecule has 0 saturated heterocycles. The third kappa shape index (κ3) is 17.2. The number of unbranched alkanes of at least 4 members (excludes halogenated alkanes) is 9. The Bertz CT molecular complexity index is 248. The van der Waals surface area contributed by atoms with Gasteiger partial charge in [-0.2, -0.15) is 0 Å². The van der Waals surface area contributed by atoms with Crippen LogP contribution in [0.4, 0.5) is 0 Å². The Morgan fingerprint density at radius 1 is 0.905 bits per heavy atom. The average molecular weight is 296 g/mol. The predicted molar refractivity (Wildman–Crippen MR) is 94.4 cm³/mol. The SMILES string of the molecule is C=C(CCCCCCCCN)OC/C=C/CCCCCC. The summed E-state index contributed by atoms with van der Waals surface area (Å²) in [6, 6.07) is 0. The lowest BCUT2D eigenvalue weighted by Crippen LogP contribution is -1.97. The second-order valence-corrected chi connectivity index (χ2v) is 5.83. The lowest BCUT2D eigenvalue weighted by Gasteiger charge is -2.07. The van der Waals surface area contributed by atoms with Gasteiger partial charge in [0.2, 0.25) is 0 Å². The van der Waals surface area contributed by atoms with Crippen LogP contribution in [0.5, 0.6) is 0 Å². The molecule has 0 spiro atoms. The summed E-state index contributed by atoms with van der Waals surface area (Å²) in [5, 5.41) is 0. The summed E-state index contributed by atoms with van der Waals surface area (Å²) >= 11 is 0. The van der Waals surface area contributed by atoms with E-state index in [9.17, 15) is 0 Å². The van der Waals surface area contributed by atoms with E-state index in [1.54, 1.807) is 0 Å². The van der Waals surface area contributed by atoms with E-state index in [0.29, 0.717) is 6.61 Å². The van der Waals surface area contributed by atoms with Gasteiger partial charge in [-0.1, -0.05) is 70.6 Å². The van der Waals surface area contributed by atoms with Crippen LogP contribution in [0, 0.1) is 0 Å². The Kier molecular flexibility index (Phi) is 16.7. The van der Waals surface area contributed by atoms with Crippen molar-refractivity contribution in [2.24, 2.45) is 5.73 Å². The van der Waals surface area contributed by atoms with E-state index in [-0.39, 0.29) is 0 Å². The summed E-state index contributed by atoms with van der Waals surface area (Å²) in [4.78, 5) is 0. The van der Waals surface area contributed by atoms with Crippen LogP contribution < -0.4 is 5.73 Å². The first kappa shape index (κ1) is 20.2. The minimum atomic E-state index is 0.684. The number of nitrogens with two attached hydrogens (primary N) is 1. The van der Waals surface area contributed by atoms with Gasteiger partial charge in [-0.25, -0.2) is 0 Å². The lowest BCUT2D eigenvalue weighted by molar-refractivity contribution is 0.235. The van der Waals surface area contributed by atoms with Gasteiger partial charge < -0.3 is 10.5 Å². The van der Waals surface area contributed by atoms with E-state index in [0.717, 1.165) is 18.7 Å². The standard InChI is InChI=1S/C19H37NO/c1-3-4-5-6-9-12-15-18-21-19(2)16-13-10-7-8-11-14-17-20/h12,15H,2-11,13-14,16-18,20H2,1H3/b15-12+. The number of allylic oxidation sites excluding steroid dienone is 2. The van der Waals surface area contributed by atoms with Gasteiger partial charge in [0.25, 0.3) is 0 Å². The summed E-state index contributed by atoms with van der Waals surface area (Å²) < 4.78 is 5.62. The van der Waals surface area contributed by atoms with Gasteiger partial charge in [-0.3, -0.25) is 0 Å². The number of rotatable bonds is 16. The molecule has 0 aromatic carbocycles. The number of ether oxygens (including phenoxy) is 1. The molecule has 0 saturated carbocycles. The molecule has 0 aromatic heterocycles. The second-order valence-electron chi connectivity index (χ2n) is 5.83. The van der Waals surface area contributed by atoms with Crippen LogP contribution >= 0.6 is 0 Å². The van der Waals surface area contributed by atoms with E-state index >= 15 is 0 Å². The summed E-state index contributed by atoms with van der Waals surface area (Å²) in [5.74, 6) is 0.938. The Morgan fingerprint density at radius 2 is 1.57 bits per heavy atom. The van der Waals surface area contributed by atoms with Crippen LogP contribution in [0.2, 0.25) is 0 Å². The first-order valence-corrected chi connectivity index (χ1v) is 8.97. The highest BCUT2D eigenvalue weighted by Crippen LogP contribution is 2.11. The Balaban J connectivity index is 3.24. The smallest absolute Gasteiger partial charge is 0.106 e. The first-order chi connectivity index (χ1) is 10.3. The third-order valence-corrected chi connectivity index (χ3v) is 3.68. The van der Waals surface area contributed by atoms with Gasteiger partial charge in [-0.15, -0.1) is 0 Å². The van der Waals surface area contributed by atoms with Crippen molar-refractivity contribution in [2.75, 3.05) is 13.2 Å². The molecular weight excluding hydrogens is 258 g/mol. The molecule has 2 heteroatoms. The van der Waals surface area contributed by atoms with E-state index in [1.165, 1.54) is 70.6 Å². The van der Waals surface area contributed by atoms with Gasteiger partial charge in [-0.05, 0) is 32.2 Å². The van der Waals surface area contributed by atoms with E-state index in [1.807, 2.05) is 0 Å². The molecule has 2 nitrogen and oxygen atoms in total. The Morgan fingerprint density at radius 3 is 2.29 bits per heavy atom. The van der Waals surface area contributed by atoms with Crippen LogP contribution in [0.3, 0.4) is 0 Å². The first-order valence-electron chi connectivity index (χ1n) is 8.97. The van der Waals surface area contributed by atoms with Gasteiger partial charge in [0.15, 0.2) is 0 Å². The van der Waals surface area contributed by atoms with Crippen molar-refractivity contribution in [3.05, 3.63) is 24.5 Å². The van der Waals surface area contributed by atoms with Crippen molar-refractivity contribution in [3.8, 4) is 0 Å². The average Bonchev–Trinajstić information content (AvgIpc) is 2.49. The fourth-order valence-electron chi connectivity index (χ4n) is 2.29. The molecule has 21 heavy (non-hydrogen) atoms. The maximum atomic E-state index is 5.62. The molecule has 0 radical (unpaired) electrons. The van der Waals surface area contributed by atoms with Gasteiger partial charge >= 0.3 is 0 Å². The topological polar surface area (TPSA) is 35.2 Å². The molecule has 0 unspecified atom stereocenters. The van der Waals surface area contributed by atoms with Crippen molar-refractivity contribution < 1.29 is 4.74 Å². The van der Waals surface area contributed by atoms with Crippen molar-refractivity contribution in [3.63, 3.8) is 0 Å². The summed E-state index contributed by atoms with van der Waals surface area (Å²) in [6.07, 6.45) is 19.4. The van der Waals surface area contributed by atoms with Crippen LogP contribution in [0.25, 0.3) is 0 Å². The Hall–Kier alpha value is -0.760. The molecule has 0 aliphatic heterocycles. The summed E-state index contributed by atoms with van der Waals surface area (Å²) in [6.45, 7) is 7.75. The molecule has 0 rings (SSSR count). The molecule has 0 amide bonds. The highest BCUT2D eigenvalue weighted by molar-refractivity contribution is 4.87. The van der Waals surface area contributed by atoms with Crippen molar-refractivity contribution in [1.29, 1.82) is 0 Å². The normalized spacial score (nSPS) is 11.1. The number of hydrogen-bond acceptors (Lipinski definition) is 2. The molecule has 2 N–H and O–H groups in total. The van der Waals surface area contributed by atoms with Crippen LogP contribution in [-0.4, -0.2) is 13.2 Å². The minimum Gasteiger partial charge on any atom is -0.495 e. The maximum Gasteiger partial charge on any atom is 0.106 e. The van der Waals surface area contributed by atoms with Crippen molar-refractivity contribution in [1.82, 2.24) is 0 Å². The van der Waals surface area contributed by atoms with Gasteiger partial charge in [0.1, 0.15) is 6.61 Å². The second kappa shape index (κ2) is 17.3. The Labute approximate surface area is 132 Å². The van der Waals surface area contributed by atoms with Gasteiger partial charge in [0.05, 0.1) is 5.76 Å². The van der Waals surface area contributed by atoms with Crippen LogP contribution in [0.1, 0.15) is 84.0 Å². The number of hydrogen-bond donors (Lipinski definition) is 1. The zero-order valence-electron chi connectivity index (χ0n) is 14.2. The highest BCUT2D eigenvalue weighted by atomic mass is 16.5. The zero-order chi connectivity index (χ0) is 15.6. The van der Waals surface area contributed by atoms with E-state index in [2.05, 4.69) is 25.7 Å². The minimum absolute atomic E-state index is 0.684. The highest BCUT2D eigenvalue weighted by Gasteiger charge is 1.95. The van der Waals surface area contributed by atoms with E-state index < -0.39 is 0 Å². The molecule has 0 bridgehead atoms. The lowest BCUT2D eigenvalue weighted by atomic mass is 10.1. The molecule has 0 aliphatic rings. The molecule has 0 fully saturated rings. The van der Waals surface area contributed by atoms with Crippen LogP contribution in [-0.2, 0) is 4.74 Å². The molecule has 0 aromatic rings. The quantitative estimate of drug-likeness (QED) is 0.224. The summed E-state index contributed by atoms with van der Waals surface area (Å²) in [7, 11) is 0. The van der Waals surface area contributed by atoms with Crippen molar-refractivity contribution >= 4 is 0 Å². The molecule has 124 valence electrons. The fraction of sp³-hybridized carbons (Fsp3) is 0.789. The monoisotopic (exact) mass is 295 g/mol. The fourth-order valence-corrected chi connectivity index (χ4v) is 2.29. The maximum absolute atomic E-state index is 5.62. The third-order valence-electron chi connectivity index (χ3n) is 3.68. The molecule has 0 heterocycles. The zero-order valence-corrected chi connectivity index (χ0v) is 14.2. The predicted octanol–water partition coefficient (Wildman–Crippen LogP) is 5.73. The van der Waals surface area contributed by atoms with Crippen LogP contribution in [0.15, 0.2) is 24.5 Å². The van der Waals surface area contributed by atoms with E-state index in [4.69, 9.17) is 10.5 Å². The van der Waals surface area contributed by atoms with Crippen molar-refractivity contribution in [2.45, 2.75) is 84.0 Å². The largest absolute Gasteiger partial charge is 0.495 e. The molecule has 0 atom stereocenters. The summed E-state index contributed by atoms with van der Waals surface area (Å²) in [5.41, 5.74) is 5.47. The molecular formula is C19H37NO. The van der Waals surface area contributed by atoms with Gasteiger partial charge in [0, 0.05) is 6.42 Å².